The minimum atomic E-state index is -0.565. The number of amides is 1. The first kappa shape index (κ1) is 25.4. The summed E-state index contributed by atoms with van der Waals surface area (Å²) >= 11 is 6.50. The van der Waals surface area contributed by atoms with Gasteiger partial charge in [0.05, 0.1) is 29.5 Å². The van der Waals surface area contributed by atoms with Crippen LogP contribution in [0, 0.1) is 11.8 Å². The number of hydrogen-bond acceptors (Lipinski definition) is 7. The number of nitrogens with one attached hydrogen (secondary N) is 2. The Morgan fingerprint density at radius 3 is 2.74 bits per heavy atom. The number of fused-ring (bicyclic) bond motifs is 1. The Hall–Kier alpha value is -2.91. The van der Waals surface area contributed by atoms with Gasteiger partial charge in [0.2, 0.25) is 11.9 Å². The number of carbonyl (C=O) groups is 1. The standard InChI is InChI=1S/C28H37ClN8O/c1-17-14-37(18(2)11-30-17)27-32-12-22(29)25(33-27)35-15-21(16-35)26(38)34-28(3,4)23-13-31-24-20(10-19-7-8-19)6-5-9-36(23)24/h5-6,9,12-13,17-19,21,30H,7-8,10-11,14-16H2,1-4H3,(H,34,38)/t17-,18+/m1/s1. The molecule has 0 radical (unpaired) electrons. The molecule has 202 valence electrons. The van der Waals surface area contributed by atoms with Crippen molar-refractivity contribution in [2.24, 2.45) is 11.8 Å². The molecule has 0 unspecified atom stereocenters. The van der Waals surface area contributed by atoms with E-state index in [0.717, 1.165) is 36.8 Å². The normalized spacial score (nSPS) is 22.6. The molecule has 3 aromatic heterocycles. The zero-order valence-corrected chi connectivity index (χ0v) is 23.4. The highest BCUT2D eigenvalue weighted by atomic mass is 35.5. The van der Waals surface area contributed by atoms with Gasteiger partial charge in [0, 0.05) is 44.5 Å². The number of nitrogens with zero attached hydrogens (tertiary/aromatic N) is 6. The summed E-state index contributed by atoms with van der Waals surface area (Å²) in [6.07, 6.45) is 9.32. The topological polar surface area (TPSA) is 90.7 Å². The van der Waals surface area contributed by atoms with Crippen molar-refractivity contribution in [2.75, 3.05) is 36.0 Å². The Kier molecular flexibility index (Phi) is 6.46. The van der Waals surface area contributed by atoms with Gasteiger partial charge in [-0.1, -0.05) is 17.7 Å². The first-order valence-electron chi connectivity index (χ1n) is 13.7. The molecule has 6 rings (SSSR count). The second-order valence-corrected chi connectivity index (χ2v) is 12.3. The summed E-state index contributed by atoms with van der Waals surface area (Å²) in [6.45, 7) is 11.3. The molecule has 0 spiro atoms. The number of rotatable bonds is 7. The Morgan fingerprint density at radius 1 is 1.18 bits per heavy atom. The number of halogens is 1. The summed E-state index contributed by atoms with van der Waals surface area (Å²) in [6, 6.07) is 4.92. The lowest BCUT2D eigenvalue weighted by atomic mass is 9.95. The fraction of sp³-hybridized carbons (Fsp3) is 0.571. The number of pyridine rings is 1. The average Bonchev–Trinajstić information content (AvgIpc) is 3.54. The van der Waals surface area contributed by atoms with E-state index in [4.69, 9.17) is 21.6 Å². The van der Waals surface area contributed by atoms with E-state index >= 15 is 0 Å². The van der Waals surface area contributed by atoms with Gasteiger partial charge in [-0.2, -0.15) is 4.98 Å². The maximum absolute atomic E-state index is 13.3. The van der Waals surface area contributed by atoms with Crippen molar-refractivity contribution >= 4 is 34.9 Å². The molecule has 10 heteroatoms. The van der Waals surface area contributed by atoms with Gasteiger partial charge < -0.3 is 24.8 Å². The Bertz CT molecular complexity index is 1350. The third kappa shape index (κ3) is 4.82. The van der Waals surface area contributed by atoms with Gasteiger partial charge in [-0.15, -0.1) is 0 Å². The maximum Gasteiger partial charge on any atom is 0.227 e. The van der Waals surface area contributed by atoms with Crippen LogP contribution in [0.15, 0.2) is 30.7 Å². The molecule has 3 fully saturated rings. The monoisotopic (exact) mass is 536 g/mol. The van der Waals surface area contributed by atoms with Crippen LogP contribution in [0.3, 0.4) is 0 Å². The molecular weight excluding hydrogens is 500 g/mol. The lowest BCUT2D eigenvalue weighted by molar-refractivity contribution is -0.127. The summed E-state index contributed by atoms with van der Waals surface area (Å²) in [7, 11) is 0. The Labute approximate surface area is 229 Å². The zero-order valence-electron chi connectivity index (χ0n) is 22.6. The van der Waals surface area contributed by atoms with E-state index in [-0.39, 0.29) is 11.8 Å². The number of aromatic nitrogens is 4. The lowest BCUT2D eigenvalue weighted by Crippen LogP contribution is -2.57. The van der Waals surface area contributed by atoms with Crippen molar-refractivity contribution in [3.05, 3.63) is 47.0 Å². The van der Waals surface area contributed by atoms with Gasteiger partial charge in [-0.3, -0.25) is 4.79 Å². The van der Waals surface area contributed by atoms with Gasteiger partial charge in [-0.25, -0.2) is 9.97 Å². The van der Waals surface area contributed by atoms with Crippen molar-refractivity contribution < 1.29 is 4.79 Å². The van der Waals surface area contributed by atoms with E-state index in [0.29, 0.717) is 42.0 Å². The van der Waals surface area contributed by atoms with Gasteiger partial charge in [0.15, 0.2) is 5.82 Å². The maximum atomic E-state index is 13.3. The van der Waals surface area contributed by atoms with Crippen molar-refractivity contribution in [3.63, 3.8) is 0 Å². The predicted molar refractivity (Wildman–Crippen MR) is 150 cm³/mol. The van der Waals surface area contributed by atoms with Crippen LogP contribution in [0.25, 0.3) is 5.65 Å². The van der Waals surface area contributed by atoms with Crippen LogP contribution in [0.2, 0.25) is 5.02 Å². The van der Waals surface area contributed by atoms with E-state index in [2.05, 4.69) is 55.8 Å². The van der Waals surface area contributed by atoms with Crippen LogP contribution in [0.5, 0.6) is 0 Å². The van der Waals surface area contributed by atoms with Crippen LogP contribution in [0.4, 0.5) is 11.8 Å². The highest BCUT2D eigenvalue weighted by molar-refractivity contribution is 6.32. The smallest absolute Gasteiger partial charge is 0.227 e. The molecule has 2 N–H and O–H groups in total. The molecule has 2 aliphatic heterocycles. The second kappa shape index (κ2) is 9.68. The van der Waals surface area contributed by atoms with Gasteiger partial charge in [-0.05, 0) is 64.5 Å². The molecule has 0 aromatic carbocycles. The van der Waals surface area contributed by atoms with Crippen molar-refractivity contribution in [2.45, 2.75) is 64.6 Å². The summed E-state index contributed by atoms with van der Waals surface area (Å²) in [4.78, 5) is 31.7. The van der Waals surface area contributed by atoms with Crippen LogP contribution in [-0.4, -0.2) is 63.5 Å². The number of imidazole rings is 1. The summed E-state index contributed by atoms with van der Waals surface area (Å²) < 4.78 is 2.13. The Balaban J connectivity index is 1.12. The molecular formula is C28H37ClN8O. The number of piperazine rings is 1. The molecule has 38 heavy (non-hydrogen) atoms. The predicted octanol–water partition coefficient (Wildman–Crippen LogP) is 3.40. The van der Waals surface area contributed by atoms with Gasteiger partial charge >= 0.3 is 0 Å². The first-order chi connectivity index (χ1) is 18.2. The minimum Gasteiger partial charge on any atom is -0.353 e. The summed E-state index contributed by atoms with van der Waals surface area (Å²) in [5, 5.41) is 7.28. The number of anilines is 2. The molecule has 3 aromatic rings. The molecule has 1 saturated carbocycles. The average molecular weight is 537 g/mol. The largest absolute Gasteiger partial charge is 0.353 e. The SMILES string of the molecule is C[C@@H]1CN(c2ncc(Cl)c(N3CC(C(=O)NC(C)(C)c4cnc5c(CC6CC6)cccn45)C3)n2)[C@@H](C)CN1. The zero-order chi connectivity index (χ0) is 26.6. The Morgan fingerprint density at radius 2 is 1.97 bits per heavy atom. The first-order valence-corrected chi connectivity index (χ1v) is 14.1. The third-order valence-corrected chi connectivity index (χ3v) is 8.45. The van der Waals surface area contributed by atoms with E-state index in [1.54, 1.807) is 6.20 Å². The molecule has 9 nitrogen and oxygen atoms in total. The summed E-state index contributed by atoms with van der Waals surface area (Å²) in [5.41, 5.74) is 2.69. The van der Waals surface area contributed by atoms with E-state index < -0.39 is 5.54 Å². The van der Waals surface area contributed by atoms with Gasteiger partial charge in [0.1, 0.15) is 10.7 Å². The minimum absolute atomic E-state index is 0.0327. The molecule has 2 saturated heterocycles. The third-order valence-electron chi connectivity index (χ3n) is 8.18. The van der Waals surface area contributed by atoms with Gasteiger partial charge in [0.25, 0.3) is 0 Å². The van der Waals surface area contributed by atoms with Crippen LogP contribution in [0.1, 0.15) is 51.8 Å². The fourth-order valence-corrected chi connectivity index (χ4v) is 5.84. The van der Waals surface area contributed by atoms with Crippen molar-refractivity contribution in [1.29, 1.82) is 0 Å². The molecule has 0 bridgehead atoms. The lowest BCUT2D eigenvalue weighted by Gasteiger charge is -2.42. The molecule has 5 heterocycles. The molecule has 1 aliphatic carbocycles. The van der Waals surface area contributed by atoms with Crippen molar-refractivity contribution in [3.8, 4) is 0 Å². The molecule has 3 aliphatic rings. The van der Waals surface area contributed by atoms with E-state index in [1.165, 1.54) is 18.4 Å². The van der Waals surface area contributed by atoms with Crippen LogP contribution >= 0.6 is 11.6 Å². The van der Waals surface area contributed by atoms with E-state index in [1.807, 2.05) is 26.2 Å². The van der Waals surface area contributed by atoms with E-state index in [9.17, 15) is 4.79 Å². The second-order valence-electron chi connectivity index (χ2n) is 11.9. The number of carbonyl (C=O) groups excluding carboxylic acids is 1. The van der Waals surface area contributed by atoms with Crippen molar-refractivity contribution in [1.82, 2.24) is 30.0 Å². The highest BCUT2D eigenvalue weighted by Gasteiger charge is 2.38. The molecule has 2 atom stereocenters. The fourth-order valence-electron chi connectivity index (χ4n) is 5.62. The van der Waals surface area contributed by atoms with Crippen LogP contribution in [-0.2, 0) is 16.8 Å². The highest BCUT2D eigenvalue weighted by Crippen LogP contribution is 2.35. The molecule has 1 amide bonds. The summed E-state index contributed by atoms with van der Waals surface area (Å²) in [5.74, 6) is 2.08. The van der Waals surface area contributed by atoms with Crippen LogP contribution < -0.4 is 20.4 Å². The number of hydrogen-bond donors (Lipinski definition) is 2. The quantitative estimate of drug-likeness (QED) is 0.478.